The van der Waals surface area contributed by atoms with Crippen molar-refractivity contribution in [1.82, 2.24) is 0 Å². The van der Waals surface area contributed by atoms with Gasteiger partial charge in [-0.3, -0.25) is 0 Å². The highest BCUT2D eigenvalue weighted by atomic mass is 14.3. The highest BCUT2D eigenvalue weighted by molar-refractivity contribution is 6.01. The molecule has 0 aliphatic heterocycles. The van der Waals surface area contributed by atoms with E-state index in [1.165, 1.54) is 44.1 Å². The summed E-state index contributed by atoms with van der Waals surface area (Å²) in [5, 5.41) is 0. The Morgan fingerprint density at radius 1 is 0.889 bits per heavy atom. The normalized spacial score (nSPS) is 21.0. The molecule has 0 spiro atoms. The summed E-state index contributed by atoms with van der Waals surface area (Å²) in [4.78, 5) is 0. The minimum Gasteiger partial charge on any atom is -0.0842 e. The maximum Gasteiger partial charge on any atom is -0.00735 e. The van der Waals surface area contributed by atoms with E-state index >= 15 is 0 Å². The Balaban J connectivity index is 2.01. The Bertz CT molecular complexity index is 596. The summed E-state index contributed by atoms with van der Waals surface area (Å²) in [7, 11) is 0. The largest absolute Gasteiger partial charge is 0.0842 e. The number of rotatable bonds is 0. The Labute approximate surface area is 109 Å². The van der Waals surface area contributed by atoms with Gasteiger partial charge in [0.1, 0.15) is 0 Å². The number of hydrogen-bond donors (Lipinski definition) is 0. The lowest BCUT2D eigenvalue weighted by atomic mass is 9.90. The van der Waals surface area contributed by atoms with Crippen LogP contribution in [-0.2, 0) is 6.42 Å². The third-order valence-electron chi connectivity index (χ3n) is 4.52. The van der Waals surface area contributed by atoms with Gasteiger partial charge in [0.2, 0.25) is 0 Å². The molecule has 4 rings (SSSR count). The second kappa shape index (κ2) is 3.98. The monoisotopic (exact) mass is 234 g/mol. The highest BCUT2D eigenvalue weighted by Gasteiger charge is 2.29. The first-order valence-corrected chi connectivity index (χ1v) is 7.17. The second-order valence-electron chi connectivity index (χ2n) is 5.55. The molecule has 0 unspecified atom stereocenters. The Morgan fingerprint density at radius 3 is 2.72 bits per heavy atom. The zero-order chi connectivity index (χ0) is 11.9. The van der Waals surface area contributed by atoms with Crippen molar-refractivity contribution in [2.45, 2.75) is 38.5 Å². The summed E-state index contributed by atoms with van der Waals surface area (Å²) in [6, 6.07) is 6.91. The van der Waals surface area contributed by atoms with Crippen molar-refractivity contribution < 1.29 is 0 Å². The van der Waals surface area contributed by atoms with E-state index in [1.807, 2.05) is 0 Å². The molecule has 0 heterocycles. The smallest absolute Gasteiger partial charge is 0.00735 e. The van der Waals surface area contributed by atoms with Crippen molar-refractivity contribution in [2.75, 3.05) is 0 Å². The summed E-state index contributed by atoms with van der Waals surface area (Å²) in [6.45, 7) is 0. The van der Waals surface area contributed by atoms with E-state index in [-0.39, 0.29) is 0 Å². The summed E-state index contributed by atoms with van der Waals surface area (Å²) in [5.41, 5.74) is 9.50. The molecule has 0 N–H and O–H groups in total. The van der Waals surface area contributed by atoms with Gasteiger partial charge in [-0.2, -0.15) is 0 Å². The van der Waals surface area contributed by atoms with E-state index in [0.29, 0.717) is 0 Å². The molecule has 3 aliphatic carbocycles. The predicted molar refractivity (Wildman–Crippen MR) is 77.3 cm³/mol. The van der Waals surface area contributed by atoms with Gasteiger partial charge >= 0.3 is 0 Å². The maximum atomic E-state index is 2.36. The van der Waals surface area contributed by atoms with Crippen LogP contribution in [0.1, 0.15) is 48.8 Å². The molecule has 0 bridgehead atoms. The molecule has 3 aliphatic rings. The van der Waals surface area contributed by atoms with Gasteiger partial charge in [-0.05, 0) is 71.9 Å². The molecule has 0 aromatic heterocycles. The van der Waals surface area contributed by atoms with Gasteiger partial charge in [0.05, 0.1) is 0 Å². The third kappa shape index (κ3) is 1.38. The minimum absolute atomic E-state index is 1.17. The molecule has 18 heavy (non-hydrogen) atoms. The molecule has 0 atom stereocenters. The van der Waals surface area contributed by atoms with Crippen molar-refractivity contribution in [1.29, 1.82) is 0 Å². The number of allylic oxidation sites excluding steroid dienone is 6. The van der Waals surface area contributed by atoms with Crippen LogP contribution in [0.15, 0.2) is 42.0 Å². The zero-order valence-electron chi connectivity index (χ0n) is 10.7. The van der Waals surface area contributed by atoms with E-state index < -0.39 is 0 Å². The van der Waals surface area contributed by atoms with Crippen molar-refractivity contribution in [3.8, 4) is 0 Å². The molecular weight excluding hydrogens is 216 g/mol. The standard InChI is InChI=1S/C18H18/c1-2-7-13-8-6-12-17-15-10-5-4-9-14(15)16(11-3-1)18(13)17/h1,3,6,8,11-12H,2,4-5,7,9-10H2. The fourth-order valence-corrected chi connectivity index (χ4v) is 3.71. The second-order valence-corrected chi connectivity index (χ2v) is 5.55. The molecule has 0 saturated carbocycles. The van der Waals surface area contributed by atoms with Crippen molar-refractivity contribution in [3.63, 3.8) is 0 Å². The van der Waals surface area contributed by atoms with E-state index in [2.05, 4.69) is 36.4 Å². The van der Waals surface area contributed by atoms with Crippen LogP contribution in [0.2, 0.25) is 0 Å². The van der Waals surface area contributed by atoms with Crippen LogP contribution >= 0.6 is 0 Å². The van der Waals surface area contributed by atoms with Gasteiger partial charge in [-0.1, -0.05) is 36.4 Å². The van der Waals surface area contributed by atoms with Crippen molar-refractivity contribution in [3.05, 3.63) is 58.7 Å². The van der Waals surface area contributed by atoms with Gasteiger partial charge in [0.15, 0.2) is 0 Å². The van der Waals surface area contributed by atoms with Crippen LogP contribution in [0.5, 0.6) is 0 Å². The van der Waals surface area contributed by atoms with Crippen molar-refractivity contribution in [2.24, 2.45) is 0 Å². The summed E-state index contributed by atoms with van der Waals surface area (Å²) in [6.07, 6.45) is 14.6. The molecule has 0 radical (unpaired) electrons. The first-order chi connectivity index (χ1) is 8.95. The van der Waals surface area contributed by atoms with Gasteiger partial charge < -0.3 is 0 Å². The zero-order valence-corrected chi connectivity index (χ0v) is 10.7. The van der Waals surface area contributed by atoms with Crippen LogP contribution in [0, 0.1) is 0 Å². The van der Waals surface area contributed by atoms with E-state index in [1.54, 1.807) is 27.8 Å². The highest BCUT2D eigenvalue weighted by Crippen LogP contribution is 2.49. The molecular formula is C18H18. The van der Waals surface area contributed by atoms with Gasteiger partial charge in [0.25, 0.3) is 0 Å². The topological polar surface area (TPSA) is 0 Å². The number of hydrogen-bond acceptors (Lipinski definition) is 0. The predicted octanol–water partition coefficient (Wildman–Crippen LogP) is 4.91. The van der Waals surface area contributed by atoms with Gasteiger partial charge in [-0.25, -0.2) is 0 Å². The van der Waals surface area contributed by atoms with Crippen LogP contribution < -0.4 is 0 Å². The number of benzene rings is 1. The van der Waals surface area contributed by atoms with Crippen LogP contribution in [0.25, 0.3) is 11.1 Å². The average Bonchev–Trinajstić information content (AvgIpc) is 2.70. The Kier molecular flexibility index (Phi) is 2.29. The first-order valence-electron chi connectivity index (χ1n) is 7.17. The van der Waals surface area contributed by atoms with E-state index in [0.717, 1.165) is 0 Å². The molecule has 0 fully saturated rings. The average molecular weight is 234 g/mol. The summed E-state index contributed by atoms with van der Waals surface area (Å²) in [5.74, 6) is 0. The van der Waals surface area contributed by atoms with Crippen LogP contribution in [0.4, 0.5) is 0 Å². The lowest BCUT2D eigenvalue weighted by Crippen LogP contribution is -1.95. The fourth-order valence-electron chi connectivity index (χ4n) is 3.71. The third-order valence-corrected chi connectivity index (χ3v) is 4.52. The molecule has 0 amide bonds. The summed E-state index contributed by atoms with van der Waals surface area (Å²) >= 11 is 0. The minimum atomic E-state index is 1.17. The maximum absolute atomic E-state index is 2.36. The molecule has 1 aromatic rings. The fraction of sp³-hybridized carbons (Fsp3) is 0.333. The Hall–Kier alpha value is -1.56. The molecule has 0 heteroatoms. The number of fused-ring (bicyclic) bond motifs is 2. The first kappa shape index (κ1) is 10.4. The molecule has 0 saturated heterocycles. The molecule has 1 aromatic carbocycles. The van der Waals surface area contributed by atoms with Crippen LogP contribution in [-0.4, -0.2) is 0 Å². The molecule has 0 nitrogen and oxygen atoms in total. The van der Waals surface area contributed by atoms with Crippen LogP contribution in [0.3, 0.4) is 0 Å². The lowest BCUT2D eigenvalue weighted by molar-refractivity contribution is 0.730. The van der Waals surface area contributed by atoms with E-state index in [4.69, 9.17) is 0 Å². The van der Waals surface area contributed by atoms with Crippen molar-refractivity contribution >= 4 is 11.1 Å². The van der Waals surface area contributed by atoms with Gasteiger partial charge in [0, 0.05) is 0 Å². The molecule has 90 valence electrons. The lowest BCUT2D eigenvalue weighted by Gasteiger charge is -2.15. The quantitative estimate of drug-likeness (QED) is 0.598. The Morgan fingerprint density at radius 2 is 1.78 bits per heavy atom. The summed E-state index contributed by atoms with van der Waals surface area (Å²) < 4.78 is 0. The number of aryl methyl sites for hydroxylation is 1. The van der Waals surface area contributed by atoms with Gasteiger partial charge in [-0.15, -0.1) is 0 Å². The SMILES string of the molecule is C1=CCCc2cccc3c2C(=C1)C1=C3CCCC1. The van der Waals surface area contributed by atoms with E-state index in [9.17, 15) is 0 Å².